The first kappa shape index (κ1) is 16.0. The van der Waals surface area contributed by atoms with Gasteiger partial charge in [-0.15, -0.1) is 11.3 Å². The smallest absolute Gasteiger partial charge is 0.262 e. The van der Waals surface area contributed by atoms with E-state index in [2.05, 4.69) is 10.3 Å². The number of para-hydroxylation sites is 1. The second-order valence-electron chi connectivity index (χ2n) is 4.78. The van der Waals surface area contributed by atoms with Crippen molar-refractivity contribution in [2.45, 2.75) is 13.0 Å². The van der Waals surface area contributed by atoms with E-state index in [1.54, 1.807) is 24.3 Å². The van der Waals surface area contributed by atoms with E-state index in [4.69, 9.17) is 23.2 Å². The van der Waals surface area contributed by atoms with Crippen molar-refractivity contribution < 1.29 is 4.79 Å². The van der Waals surface area contributed by atoms with Gasteiger partial charge in [0.1, 0.15) is 4.83 Å². The predicted molar refractivity (Wildman–Crippen MR) is 93.6 cm³/mol. The molecule has 0 fully saturated rings. The van der Waals surface area contributed by atoms with Crippen LogP contribution in [-0.2, 0) is 11.3 Å². The van der Waals surface area contributed by atoms with Gasteiger partial charge < -0.3 is 5.32 Å². The van der Waals surface area contributed by atoms with E-state index in [1.165, 1.54) is 22.2 Å². The fourth-order valence-corrected chi connectivity index (χ4v) is 3.31. The molecule has 5 nitrogen and oxygen atoms in total. The van der Waals surface area contributed by atoms with Crippen LogP contribution in [0.2, 0.25) is 10.0 Å². The zero-order valence-corrected chi connectivity index (χ0v) is 14.1. The molecule has 0 atom stereocenters. The first-order valence-corrected chi connectivity index (χ1v) is 8.36. The van der Waals surface area contributed by atoms with Gasteiger partial charge in [-0.1, -0.05) is 29.3 Å². The molecule has 0 radical (unpaired) electrons. The highest BCUT2D eigenvalue weighted by atomic mass is 35.5. The van der Waals surface area contributed by atoms with Crippen LogP contribution in [0.5, 0.6) is 0 Å². The van der Waals surface area contributed by atoms with Gasteiger partial charge in [-0.2, -0.15) is 0 Å². The summed E-state index contributed by atoms with van der Waals surface area (Å²) in [6.07, 6.45) is 1.57. The van der Waals surface area contributed by atoms with Crippen LogP contribution in [0.3, 0.4) is 0 Å². The highest BCUT2D eigenvalue weighted by molar-refractivity contribution is 7.16. The molecule has 2 heterocycles. The lowest BCUT2D eigenvalue weighted by Gasteiger charge is -2.09. The number of carbonyl (C=O) groups excluding carboxylic acids is 1. The standard InChI is InChI=1S/C15H11Cl2N3O2S/c16-10-2-1-3-11(17)13(10)19-12(21)4-6-20-8-18-14-9(15(20)22)5-7-23-14/h1-3,5,7-8H,4,6H2,(H,19,21). The Morgan fingerprint density at radius 2 is 2.00 bits per heavy atom. The number of aromatic nitrogens is 2. The molecule has 0 bridgehead atoms. The van der Waals surface area contributed by atoms with Gasteiger partial charge in [0.2, 0.25) is 5.91 Å². The van der Waals surface area contributed by atoms with Gasteiger partial charge in [0.15, 0.2) is 0 Å². The maximum Gasteiger partial charge on any atom is 0.262 e. The molecule has 3 rings (SSSR count). The summed E-state index contributed by atoms with van der Waals surface area (Å²) in [5.41, 5.74) is 0.222. The van der Waals surface area contributed by atoms with Crippen molar-refractivity contribution in [3.63, 3.8) is 0 Å². The van der Waals surface area contributed by atoms with Crippen molar-refractivity contribution in [2.24, 2.45) is 0 Å². The molecule has 23 heavy (non-hydrogen) atoms. The summed E-state index contributed by atoms with van der Waals surface area (Å²) in [6.45, 7) is 0.228. The molecule has 1 N–H and O–H groups in total. The highest BCUT2D eigenvalue weighted by Crippen LogP contribution is 2.29. The minimum absolute atomic E-state index is 0.110. The van der Waals surface area contributed by atoms with Crippen molar-refractivity contribution in [3.05, 3.63) is 56.4 Å². The Morgan fingerprint density at radius 3 is 2.74 bits per heavy atom. The lowest BCUT2D eigenvalue weighted by atomic mass is 10.3. The predicted octanol–water partition coefficient (Wildman–Crippen LogP) is 3.79. The largest absolute Gasteiger partial charge is 0.323 e. The maximum absolute atomic E-state index is 12.2. The fourth-order valence-electron chi connectivity index (χ4n) is 2.09. The quantitative estimate of drug-likeness (QED) is 0.762. The third-order valence-electron chi connectivity index (χ3n) is 3.26. The fraction of sp³-hybridized carbons (Fsp3) is 0.133. The maximum atomic E-state index is 12.2. The van der Waals surface area contributed by atoms with Crippen LogP contribution in [0.15, 0.2) is 40.8 Å². The molecule has 1 amide bonds. The van der Waals surface area contributed by atoms with Crippen LogP contribution in [-0.4, -0.2) is 15.5 Å². The molecule has 118 valence electrons. The van der Waals surface area contributed by atoms with Crippen LogP contribution < -0.4 is 10.9 Å². The van der Waals surface area contributed by atoms with Crippen LogP contribution in [0, 0.1) is 0 Å². The second-order valence-corrected chi connectivity index (χ2v) is 6.49. The summed E-state index contributed by atoms with van der Waals surface area (Å²) < 4.78 is 1.42. The van der Waals surface area contributed by atoms with E-state index in [0.717, 1.165) is 0 Å². The molecule has 0 aliphatic heterocycles. The average molecular weight is 368 g/mol. The van der Waals surface area contributed by atoms with E-state index in [-0.39, 0.29) is 24.4 Å². The zero-order chi connectivity index (χ0) is 16.4. The number of fused-ring (bicyclic) bond motifs is 1. The van der Waals surface area contributed by atoms with E-state index >= 15 is 0 Å². The summed E-state index contributed by atoms with van der Waals surface area (Å²) >= 11 is 13.4. The van der Waals surface area contributed by atoms with Crippen LogP contribution in [0.4, 0.5) is 5.69 Å². The summed E-state index contributed by atoms with van der Waals surface area (Å²) in [5.74, 6) is -0.280. The first-order valence-electron chi connectivity index (χ1n) is 6.73. The monoisotopic (exact) mass is 367 g/mol. The Balaban J connectivity index is 1.71. The Hall–Kier alpha value is -1.89. The molecule has 0 saturated heterocycles. The van der Waals surface area contributed by atoms with Crippen molar-refractivity contribution in [2.75, 3.05) is 5.32 Å². The van der Waals surface area contributed by atoms with Gasteiger partial charge in [0, 0.05) is 13.0 Å². The first-order chi connectivity index (χ1) is 11.1. The number of hydrogen-bond donors (Lipinski definition) is 1. The van der Waals surface area contributed by atoms with Crippen LogP contribution in [0.1, 0.15) is 6.42 Å². The van der Waals surface area contributed by atoms with E-state index in [1.807, 2.05) is 5.38 Å². The summed E-state index contributed by atoms with van der Waals surface area (Å²) in [5, 5.41) is 5.77. The van der Waals surface area contributed by atoms with Gasteiger partial charge in [0.05, 0.1) is 27.4 Å². The molecule has 0 unspecified atom stereocenters. The SMILES string of the molecule is O=C(CCn1cnc2sccc2c1=O)Nc1c(Cl)cccc1Cl. The minimum atomic E-state index is -0.280. The second kappa shape index (κ2) is 6.70. The van der Waals surface area contributed by atoms with E-state index in [9.17, 15) is 9.59 Å². The van der Waals surface area contributed by atoms with Gasteiger partial charge in [0.25, 0.3) is 5.56 Å². The lowest BCUT2D eigenvalue weighted by molar-refractivity contribution is -0.116. The van der Waals surface area contributed by atoms with Crippen molar-refractivity contribution in [1.82, 2.24) is 9.55 Å². The number of aryl methyl sites for hydroxylation is 1. The van der Waals surface area contributed by atoms with E-state index in [0.29, 0.717) is 25.9 Å². The number of nitrogens with zero attached hydrogens (tertiary/aromatic N) is 2. The number of anilines is 1. The van der Waals surface area contributed by atoms with Gasteiger partial charge >= 0.3 is 0 Å². The molecule has 3 aromatic rings. The summed E-state index contributed by atoms with van der Waals surface area (Å²) in [7, 11) is 0. The van der Waals surface area contributed by atoms with Gasteiger partial charge in [-0.05, 0) is 23.6 Å². The Morgan fingerprint density at radius 1 is 1.26 bits per heavy atom. The molecule has 0 aliphatic rings. The van der Waals surface area contributed by atoms with Gasteiger partial charge in [-0.3, -0.25) is 14.2 Å². The summed E-state index contributed by atoms with van der Waals surface area (Å²) in [6, 6.07) is 6.71. The molecule has 8 heteroatoms. The molecule has 0 spiro atoms. The van der Waals surface area contributed by atoms with Crippen molar-refractivity contribution in [3.8, 4) is 0 Å². The van der Waals surface area contributed by atoms with Crippen LogP contribution in [0.25, 0.3) is 10.2 Å². The minimum Gasteiger partial charge on any atom is -0.323 e. The van der Waals surface area contributed by atoms with Crippen molar-refractivity contribution >= 4 is 56.3 Å². The molecular formula is C15H11Cl2N3O2S. The summed E-state index contributed by atoms with van der Waals surface area (Å²) in [4.78, 5) is 29.2. The number of halogens is 2. The number of benzene rings is 1. The normalized spacial score (nSPS) is 10.9. The highest BCUT2D eigenvalue weighted by Gasteiger charge is 2.11. The number of rotatable bonds is 4. The molecule has 1 aromatic carbocycles. The third kappa shape index (κ3) is 3.39. The topological polar surface area (TPSA) is 64.0 Å². The number of thiophene rings is 1. The van der Waals surface area contributed by atoms with E-state index < -0.39 is 0 Å². The Bertz CT molecular complexity index is 916. The van der Waals surface area contributed by atoms with Gasteiger partial charge in [-0.25, -0.2) is 4.98 Å². The lowest BCUT2D eigenvalue weighted by Crippen LogP contribution is -2.23. The third-order valence-corrected chi connectivity index (χ3v) is 4.71. The molecule has 0 aliphatic carbocycles. The number of nitrogens with one attached hydrogen (secondary N) is 1. The number of hydrogen-bond acceptors (Lipinski definition) is 4. The Kier molecular flexibility index (Phi) is 4.66. The molecular weight excluding hydrogens is 357 g/mol. The molecule has 2 aromatic heterocycles. The zero-order valence-electron chi connectivity index (χ0n) is 11.8. The Labute approximate surface area is 145 Å². The molecule has 0 saturated carbocycles. The number of carbonyl (C=O) groups is 1. The average Bonchev–Trinajstić information content (AvgIpc) is 3.00. The van der Waals surface area contributed by atoms with Crippen molar-refractivity contribution in [1.29, 1.82) is 0 Å². The van der Waals surface area contributed by atoms with Crippen LogP contribution >= 0.6 is 34.5 Å². The number of amides is 1.